The summed E-state index contributed by atoms with van der Waals surface area (Å²) in [6.45, 7) is 4.36. The second-order valence-corrected chi connectivity index (χ2v) is 7.14. The summed E-state index contributed by atoms with van der Waals surface area (Å²) < 4.78 is 0. The largest absolute Gasteiger partial charge is 0.480 e. The molecular weight excluding hydrogens is 313 g/mol. The number of carboxylic acid groups (broad SMARTS) is 1. The van der Waals surface area contributed by atoms with Crippen LogP contribution in [0.15, 0.2) is 0 Å². The van der Waals surface area contributed by atoms with Crippen LogP contribution in [-0.2, 0) is 9.59 Å². The summed E-state index contributed by atoms with van der Waals surface area (Å²) in [5.41, 5.74) is 4.77. The molecule has 9 heteroatoms. The molecule has 1 aliphatic rings. The first kappa shape index (κ1) is 20.9. The Bertz CT molecular complexity index is 435. The van der Waals surface area contributed by atoms with E-state index in [1.807, 2.05) is 13.8 Å². The molecule has 138 valence electrons. The van der Waals surface area contributed by atoms with Crippen molar-refractivity contribution in [3.05, 3.63) is 0 Å². The predicted molar refractivity (Wildman–Crippen MR) is 91.2 cm³/mol. The summed E-state index contributed by atoms with van der Waals surface area (Å²) in [6, 6.07) is -0.855. The molecule has 8 nitrogen and oxygen atoms in total. The molecule has 1 fully saturated rings. The minimum atomic E-state index is -1.36. The monoisotopic (exact) mass is 343 g/mol. The van der Waals surface area contributed by atoms with Crippen LogP contribution in [0.25, 0.3) is 0 Å². The first-order valence-electron chi connectivity index (χ1n) is 8.57. The van der Waals surface area contributed by atoms with Crippen molar-refractivity contribution in [1.29, 1.82) is 0 Å². The molecule has 1 unspecified atom stereocenters. The number of nitrogens with one attached hydrogen (secondary N) is 2. The van der Waals surface area contributed by atoms with Crippen molar-refractivity contribution in [2.24, 2.45) is 11.7 Å². The molecule has 0 radical (unpaired) electrons. The molecule has 0 aromatic heterocycles. The van der Waals surface area contributed by atoms with E-state index in [0.29, 0.717) is 44.6 Å². The number of amides is 1. The zero-order valence-electron chi connectivity index (χ0n) is 14.5. The Morgan fingerprint density at radius 2 is 2.04 bits per heavy atom. The molecule has 1 amide bonds. The third-order valence-electron chi connectivity index (χ3n) is 4.42. The Labute approximate surface area is 143 Å². The molecule has 7 N–H and O–H groups in total. The van der Waals surface area contributed by atoms with Gasteiger partial charge in [-0.25, -0.2) is 0 Å². The molecule has 1 aliphatic heterocycles. The van der Waals surface area contributed by atoms with Crippen LogP contribution in [0.5, 0.6) is 0 Å². The van der Waals surface area contributed by atoms with E-state index in [9.17, 15) is 14.7 Å². The molecule has 3 atom stereocenters. The number of carbonyl (C=O) groups excluding carboxylic acids is 1. The summed E-state index contributed by atoms with van der Waals surface area (Å²) in [5, 5.41) is 33.1. The van der Waals surface area contributed by atoms with Crippen LogP contribution in [0.4, 0.5) is 0 Å². The van der Waals surface area contributed by atoms with E-state index >= 15 is 0 Å². The van der Waals surface area contributed by atoms with E-state index in [2.05, 4.69) is 10.6 Å². The molecule has 24 heavy (non-hydrogen) atoms. The third-order valence-corrected chi connectivity index (χ3v) is 4.42. The third kappa shape index (κ3) is 6.39. The van der Waals surface area contributed by atoms with Gasteiger partial charge in [0.15, 0.2) is 0 Å². The number of nitrogens with two attached hydrogens (primary N) is 1. The topological polar surface area (TPSA) is 145 Å². The zero-order chi connectivity index (χ0) is 18.3. The highest BCUT2D eigenvalue weighted by atomic mass is 16.4. The molecule has 0 aromatic rings. The summed E-state index contributed by atoms with van der Waals surface area (Å²) in [5.74, 6) is -0.886. The fourth-order valence-corrected chi connectivity index (χ4v) is 3.12. The minimum absolute atomic E-state index is 0.222. The van der Waals surface area contributed by atoms with Gasteiger partial charge in [-0.2, -0.15) is 0 Å². The van der Waals surface area contributed by atoms with Gasteiger partial charge in [-0.05, 0) is 31.5 Å². The van der Waals surface area contributed by atoms with Gasteiger partial charge in [0.25, 0.3) is 0 Å². The van der Waals surface area contributed by atoms with E-state index in [0.717, 1.165) is 0 Å². The molecular formula is C15H30BN3O5. The van der Waals surface area contributed by atoms with Crippen LogP contribution in [0, 0.1) is 5.92 Å². The number of carbonyl (C=O) groups is 2. The maximum atomic E-state index is 12.1. The van der Waals surface area contributed by atoms with Crippen molar-refractivity contribution in [1.82, 2.24) is 10.6 Å². The van der Waals surface area contributed by atoms with E-state index < -0.39 is 24.7 Å². The van der Waals surface area contributed by atoms with Gasteiger partial charge >= 0.3 is 13.1 Å². The Kier molecular flexibility index (Phi) is 8.15. The van der Waals surface area contributed by atoms with Crippen molar-refractivity contribution in [2.45, 2.75) is 69.9 Å². The van der Waals surface area contributed by atoms with Crippen molar-refractivity contribution in [3.63, 3.8) is 0 Å². The fraction of sp³-hybridized carbons (Fsp3) is 0.867. The number of hydrogen-bond donors (Lipinski definition) is 6. The lowest BCUT2D eigenvalue weighted by Crippen LogP contribution is -2.48. The van der Waals surface area contributed by atoms with E-state index in [1.54, 1.807) is 0 Å². The van der Waals surface area contributed by atoms with Gasteiger partial charge in [-0.15, -0.1) is 0 Å². The van der Waals surface area contributed by atoms with Crippen molar-refractivity contribution < 1.29 is 24.7 Å². The maximum Gasteiger partial charge on any atom is 0.451 e. The van der Waals surface area contributed by atoms with Gasteiger partial charge in [0.1, 0.15) is 5.54 Å². The smallest absolute Gasteiger partial charge is 0.451 e. The Morgan fingerprint density at radius 1 is 1.38 bits per heavy atom. The highest BCUT2D eigenvalue weighted by Gasteiger charge is 2.45. The quantitative estimate of drug-likeness (QED) is 0.227. The second-order valence-electron chi connectivity index (χ2n) is 7.14. The SMILES string of the molecule is CC(C)CC(N)C(=O)N[C@H]1CN[C@@](CCCCB(O)O)(C(=O)O)C1. The minimum Gasteiger partial charge on any atom is -0.480 e. The Morgan fingerprint density at radius 3 is 2.58 bits per heavy atom. The van der Waals surface area contributed by atoms with E-state index in [4.69, 9.17) is 15.8 Å². The normalized spacial score (nSPS) is 24.8. The summed E-state index contributed by atoms with van der Waals surface area (Å²) >= 11 is 0. The van der Waals surface area contributed by atoms with Crippen LogP contribution in [0.2, 0.25) is 6.32 Å². The summed E-state index contributed by atoms with van der Waals surface area (Å²) in [7, 11) is -1.36. The average molecular weight is 343 g/mol. The molecule has 1 saturated heterocycles. The van der Waals surface area contributed by atoms with Gasteiger partial charge in [-0.3, -0.25) is 14.9 Å². The lowest BCUT2D eigenvalue weighted by atomic mass is 9.81. The van der Waals surface area contributed by atoms with Crippen LogP contribution in [0.3, 0.4) is 0 Å². The van der Waals surface area contributed by atoms with Crippen molar-refractivity contribution in [2.75, 3.05) is 6.54 Å². The first-order chi connectivity index (χ1) is 11.2. The number of aliphatic carboxylic acids is 1. The molecule has 1 heterocycles. The van der Waals surface area contributed by atoms with Crippen LogP contribution in [0.1, 0.15) is 46.0 Å². The molecule has 0 spiro atoms. The van der Waals surface area contributed by atoms with Crippen LogP contribution >= 0.6 is 0 Å². The lowest BCUT2D eigenvalue weighted by Gasteiger charge is -2.25. The van der Waals surface area contributed by atoms with Crippen molar-refractivity contribution in [3.8, 4) is 0 Å². The Hall–Kier alpha value is -1.16. The van der Waals surface area contributed by atoms with Crippen LogP contribution in [-0.4, -0.2) is 58.3 Å². The molecule has 0 aromatic carbocycles. The first-order valence-corrected chi connectivity index (χ1v) is 8.57. The number of hydrogen-bond acceptors (Lipinski definition) is 6. The lowest BCUT2D eigenvalue weighted by molar-refractivity contribution is -0.144. The Balaban J connectivity index is 2.52. The molecule has 1 rings (SSSR count). The summed E-state index contributed by atoms with van der Waals surface area (Å²) in [6.07, 6.45) is 2.57. The maximum absolute atomic E-state index is 12.1. The zero-order valence-corrected chi connectivity index (χ0v) is 14.5. The van der Waals surface area contributed by atoms with Gasteiger partial charge < -0.3 is 26.2 Å². The van der Waals surface area contributed by atoms with Crippen molar-refractivity contribution >= 4 is 19.0 Å². The number of carboxylic acids is 1. The van der Waals surface area contributed by atoms with Gasteiger partial charge in [0.2, 0.25) is 5.91 Å². The van der Waals surface area contributed by atoms with E-state index in [1.165, 1.54) is 0 Å². The number of rotatable bonds is 10. The van der Waals surface area contributed by atoms with Gasteiger partial charge in [0.05, 0.1) is 6.04 Å². The van der Waals surface area contributed by atoms with Gasteiger partial charge in [-0.1, -0.05) is 26.7 Å². The second kappa shape index (κ2) is 9.36. The van der Waals surface area contributed by atoms with E-state index in [-0.39, 0.29) is 18.3 Å². The molecule has 0 saturated carbocycles. The highest BCUT2D eigenvalue weighted by molar-refractivity contribution is 6.40. The standard InChI is InChI=1S/C15H30BN3O5/c1-10(2)7-12(17)13(20)19-11-8-15(14(21)22,18-9-11)5-3-4-6-16(23)24/h10-12,18,23-24H,3-9,17H2,1-2H3,(H,19,20)(H,21,22)/t11-,12?,15-/m1/s1. The fourth-order valence-electron chi connectivity index (χ4n) is 3.12. The molecule has 0 aliphatic carbocycles. The average Bonchev–Trinajstić information content (AvgIpc) is 2.87. The predicted octanol–water partition coefficient (Wildman–Crippen LogP) is -0.696. The molecule has 0 bridgehead atoms. The number of unbranched alkanes of at least 4 members (excludes halogenated alkanes) is 1. The van der Waals surface area contributed by atoms with Gasteiger partial charge in [0, 0.05) is 12.6 Å². The summed E-state index contributed by atoms with van der Waals surface area (Å²) in [4.78, 5) is 23.7. The highest BCUT2D eigenvalue weighted by Crippen LogP contribution is 2.27. The van der Waals surface area contributed by atoms with Crippen LogP contribution < -0.4 is 16.4 Å².